The Morgan fingerprint density at radius 1 is 1.31 bits per heavy atom. The van der Waals surface area contributed by atoms with E-state index in [1.165, 1.54) is 6.33 Å². The van der Waals surface area contributed by atoms with Crippen LogP contribution in [-0.2, 0) is 6.54 Å². The van der Waals surface area contributed by atoms with Gasteiger partial charge >= 0.3 is 0 Å². The fraction of sp³-hybridized carbons (Fsp3) is 0.364. The van der Waals surface area contributed by atoms with Crippen molar-refractivity contribution in [2.24, 2.45) is 0 Å². The summed E-state index contributed by atoms with van der Waals surface area (Å²) in [5, 5.41) is 7.75. The van der Waals surface area contributed by atoms with Crippen molar-refractivity contribution in [3.63, 3.8) is 0 Å². The van der Waals surface area contributed by atoms with Gasteiger partial charge in [-0.25, -0.2) is 14.6 Å². The first kappa shape index (κ1) is 10.8. The first-order valence-corrected chi connectivity index (χ1v) is 5.29. The van der Waals surface area contributed by atoms with Crippen molar-refractivity contribution in [2.75, 3.05) is 0 Å². The van der Waals surface area contributed by atoms with Crippen LogP contribution in [0.2, 0.25) is 0 Å². The number of rotatable bonds is 4. The van der Waals surface area contributed by atoms with Crippen LogP contribution in [0.5, 0.6) is 0 Å². The van der Waals surface area contributed by atoms with E-state index in [2.05, 4.69) is 34.2 Å². The van der Waals surface area contributed by atoms with Crippen molar-refractivity contribution >= 4 is 0 Å². The van der Waals surface area contributed by atoms with Crippen molar-refractivity contribution in [1.29, 1.82) is 0 Å². The molecule has 0 bridgehead atoms. The quantitative estimate of drug-likeness (QED) is 0.835. The van der Waals surface area contributed by atoms with Gasteiger partial charge in [0.25, 0.3) is 0 Å². The molecular formula is C11H15N5. The van der Waals surface area contributed by atoms with Crippen LogP contribution in [0, 0.1) is 0 Å². The standard InChI is InChI=1S/C11H15N5/c1-9(2)14-5-10-3-4-16(15-10)11-6-12-8-13-7-11/h3-4,6-9,14H,5H2,1-2H3. The molecule has 0 saturated carbocycles. The van der Waals surface area contributed by atoms with E-state index in [-0.39, 0.29) is 0 Å². The Labute approximate surface area is 94.5 Å². The summed E-state index contributed by atoms with van der Waals surface area (Å²) in [6.45, 7) is 5.00. The number of nitrogens with zero attached hydrogens (tertiary/aromatic N) is 4. The fourth-order valence-corrected chi connectivity index (χ4v) is 1.32. The van der Waals surface area contributed by atoms with Crippen molar-refractivity contribution in [2.45, 2.75) is 26.4 Å². The predicted molar refractivity (Wildman–Crippen MR) is 61.1 cm³/mol. The Balaban J connectivity index is 2.08. The highest BCUT2D eigenvalue weighted by Gasteiger charge is 2.01. The molecule has 0 amide bonds. The third-order valence-corrected chi connectivity index (χ3v) is 2.15. The molecule has 84 valence electrons. The zero-order valence-corrected chi connectivity index (χ0v) is 9.46. The van der Waals surface area contributed by atoms with E-state index in [1.54, 1.807) is 17.1 Å². The topological polar surface area (TPSA) is 55.6 Å². The van der Waals surface area contributed by atoms with Gasteiger partial charge in [-0.1, -0.05) is 13.8 Å². The number of hydrogen-bond donors (Lipinski definition) is 1. The number of aromatic nitrogens is 4. The van der Waals surface area contributed by atoms with Gasteiger partial charge in [0.15, 0.2) is 0 Å². The van der Waals surface area contributed by atoms with E-state index in [0.29, 0.717) is 6.04 Å². The summed E-state index contributed by atoms with van der Waals surface area (Å²) in [5.41, 5.74) is 1.89. The Morgan fingerprint density at radius 3 is 2.75 bits per heavy atom. The van der Waals surface area contributed by atoms with Crippen LogP contribution in [0.4, 0.5) is 0 Å². The fourth-order valence-electron chi connectivity index (χ4n) is 1.32. The third-order valence-electron chi connectivity index (χ3n) is 2.15. The molecule has 16 heavy (non-hydrogen) atoms. The van der Waals surface area contributed by atoms with Gasteiger partial charge in [0.05, 0.1) is 18.1 Å². The average molecular weight is 217 g/mol. The lowest BCUT2D eigenvalue weighted by Crippen LogP contribution is -2.22. The second kappa shape index (κ2) is 4.85. The molecule has 1 N–H and O–H groups in total. The van der Waals surface area contributed by atoms with Crippen LogP contribution in [0.25, 0.3) is 5.69 Å². The van der Waals surface area contributed by atoms with Gasteiger partial charge in [-0.15, -0.1) is 0 Å². The van der Waals surface area contributed by atoms with Gasteiger partial charge in [0.2, 0.25) is 0 Å². The molecule has 0 radical (unpaired) electrons. The van der Waals surface area contributed by atoms with Crippen molar-refractivity contribution in [1.82, 2.24) is 25.1 Å². The molecule has 0 fully saturated rings. The third kappa shape index (κ3) is 2.64. The highest BCUT2D eigenvalue weighted by Crippen LogP contribution is 2.04. The Kier molecular flexibility index (Phi) is 3.26. The molecular weight excluding hydrogens is 202 g/mol. The first-order valence-electron chi connectivity index (χ1n) is 5.29. The maximum atomic E-state index is 4.43. The van der Waals surface area contributed by atoms with Crippen LogP contribution in [0.15, 0.2) is 31.0 Å². The van der Waals surface area contributed by atoms with Crippen LogP contribution < -0.4 is 5.32 Å². The van der Waals surface area contributed by atoms with E-state index in [4.69, 9.17) is 0 Å². The zero-order valence-electron chi connectivity index (χ0n) is 9.46. The van der Waals surface area contributed by atoms with Crippen LogP contribution in [-0.4, -0.2) is 25.8 Å². The van der Waals surface area contributed by atoms with Crippen LogP contribution >= 0.6 is 0 Å². The minimum Gasteiger partial charge on any atom is -0.309 e. The summed E-state index contributed by atoms with van der Waals surface area (Å²) in [5.74, 6) is 0. The molecule has 2 aromatic heterocycles. The molecule has 0 aliphatic rings. The molecule has 0 atom stereocenters. The van der Waals surface area contributed by atoms with Crippen molar-refractivity contribution in [3.05, 3.63) is 36.7 Å². The van der Waals surface area contributed by atoms with Gasteiger partial charge < -0.3 is 5.32 Å². The van der Waals surface area contributed by atoms with Crippen LogP contribution in [0.3, 0.4) is 0 Å². The summed E-state index contributed by atoms with van der Waals surface area (Å²) >= 11 is 0. The Hall–Kier alpha value is -1.75. The Morgan fingerprint density at radius 2 is 2.06 bits per heavy atom. The monoisotopic (exact) mass is 217 g/mol. The molecule has 2 aromatic rings. The minimum absolute atomic E-state index is 0.463. The lowest BCUT2D eigenvalue weighted by Gasteiger charge is -2.05. The number of nitrogens with one attached hydrogen (secondary N) is 1. The highest BCUT2D eigenvalue weighted by atomic mass is 15.3. The molecule has 5 heteroatoms. The first-order chi connectivity index (χ1) is 7.75. The second-order valence-corrected chi connectivity index (χ2v) is 3.88. The zero-order chi connectivity index (χ0) is 11.4. The second-order valence-electron chi connectivity index (χ2n) is 3.88. The van der Waals surface area contributed by atoms with E-state index >= 15 is 0 Å². The molecule has 0 aliphatic carbocycles. The van der Waals surface area contributed by atoms with Crippen molar-refractivity contribution < 1.29 is 0 Å². The molecule has 0 spiro atoms. The molecule has 0 aliphatic heterocycles. The van der Waals surface area contributed by atoms with E-state index in [0.717, 1.165) is 17.9 Å². The SMILES string of the molecule is CC(C)NCc1ccn(-c2cncnc2)n1. The summed E-state index contributed by atoms with van der Waals surface area (Å²) in [6.07, 6.45) is 6.89. The number of hydrogen-bond acceptors (Lipinski definition) is 4. The maximum absolute atomic E-state index is 4.43. The molecule has 0 aromatic carbocycles. The van der Waals surface area contributed by atoms with Gasteiger partial charge in [0.1, 0.15) is 12.0 Å². The molecule has 0 unspecified atom stereocenters. The van der Waals surface area contributed by atoms with E-state index < -0.39 is 0 Å². The lowest BCUT2D eigenvalue weighted by molar-refractivity contribution is 0.578. The van der Waals surface area contributed by atoms with Gasteiger partial charge in [-0.3, -0.25) is 0 Å². The lowest BCUT2D eigenvalue weighted by atomic mass is 10.3. The largest absolute Gasteiger partial charge is 0.309 e. The molecule has 2 rings (SSSR count). The van der Waals surface area contributed by atoms with E-state index in [1.807, 2.05) is 12.3 Å². The summed E-state index contributed by atoms with van der Waals surface area (Å²) in [7, 11) is 0. The minimum atomic E-state index is 0.463. The Bertz CT molecular complexity index is 435. The van der Waals surface area contributed by atoms with Crippen molar-refractivity contribution in [3.8, 4) is 5.69 Å². The van der Waals surface area contributed by atoms with Gasteiger partial charge in [-0.05, 0) is 6.07 Å². The predicted octanol–water partition coefficient (Wildman–Crippen LogP) is 1.16. The van der Waals surface area contributed by atoms with Crippen LogP contribution in [0.1, 0.15) is 19.5 Å². The van der Waals surface area contributed by atoms with Gasteiger partial charge in [0, 0.05) is 18.8 Å². The molecule has 5 nitrogen and oxygen atoms in total. The summed E-state index contributed by atoms with van der Waals surface area (Å²) in [6, 6.07) is 2.45. The normalized spacial score (nSPS) is 10.9. The molecule has 2 heterocycles. The molecule has 0 saturated heterocycles. The maximum Gasteiger partial charge on any atom is 0.115 e. The average Bonchev–Trinajstić information content (AvgIpc) is 2.76. The summed E-state index contributed by atoms with van der Waals surface area (Å²) < 4.78 is 1.78. The smallest absolute Gasteiger partial charge is 0.115 e. The summed E-state index contributed by atoms with van der Waals surface area (Å²) in [4.78, 5) is 7.91. The van der Waals surface area contributed by atoms with Gasteiger partial charge in [-0.2, -0.15) is 5.10 Å². The highest BCUT2D eigenvalue weighted by molar-refractivity contribution is 5.23. The van der Waals surface area contributed by atoms with E-state index in [9.17, 15) is 0 Å².